The van der Waals surface area contributed by atoms with E-state index in [1.54, 1.807) is 0 Å². The minimum absolute atomic E-state index is 0.0991. The molecule has 1 N–H and O–H groups in total. The molecule has 0 bridgehead atoms. The topological polar surface area (TPSA) is 30.5 Å². The zero-order valence-electron chi connectivity index (χ0n) is 10.9. The number of piperidine rings is 1. The van der Waals surface area contributed by atoms with Crippen molar-refractivity contribution in [2.75, 3.05) is 6.54 Å². The molecule has 0 saturated carbocycles. The summed E-state index contributed by atoms with van der Waals surface area (Å²) in [6, 6.07) is 6.86. The molecule has 0 aliphatic carbocycles. The molecule has 2 unspecified atom stereocenters. The average Bonchev–Trinajstić information content (AvgIpc) is 2.62. The van der Waals surface area contributed by atoms with Crippen LogP contribution in [-0.4, -0.2) is 18.9 Å². The molecule has 1 aromatic rings. The van der Waals surface area contributed by atoms with Gasteiger partial charge in [0.15, 0.2) is 6.29 Å². The molecular weight excluding hydrogens is 226 g/mol. The van der Waals surface area contributed by atoms with Crippen LogP contribution >= 0.6 is 0 Å². The highest BCUT2D eigenvalue weighted by atomic mass is 16.7. The van der Waals surface area contributed by atoms with Crippen molar-refractivity contribution < 1.29 is 9.47 Å². The van der Waals surface area contributed by atoms with E-state index in [-0.39, 0.29) is 6.29 Å². The van der Waals surface area contributed by atoms with Crippen LogP contribution in [0.25, 0.3) is 0 Å². The van der Waals surface area contributed by atoms with Gasteiger partial charge in [-0.25, -0.2) is 0 Å². The second kappa shape index (κ2) is 5.39. The van der Waals surface area contributed by atoms with E-state index in [1.807, 2.05) is 0 Å². The number of hydrogen-bond donors (Lipinski definition) is 1. The van der Waals surface area contributed by atoms with Crippen molar-refractivity contribution in [3.63, 3.8) is 0 Å². The fourth-order valence-electron chi connectivity index (χ4n) is 2.77. The van der Waals surface area contributed by atoms with Gasteiger partial charge in [0, 0.05) is 0 Å². The molecule has 1 fully saturated rings. The average molecular weight is 247 g/mol. The maximum atomic E-state index is 5.94. The van der Waals surface area contributed by atoms with E-state index in [9.17, 15) is 0 Å². The Bertz CT molecular complexity index is 413. The normalized spacial score (nSPS) is 28.5. The van der Waals surface area contributed by atoms with E-state index < -0.39 is 0 Å². The lowest BCUT2D eigenvalue weighted by molar-refractivity contribution is -0.168. The number of rotatable bonds is 1. The lowest BCUT2D eigenvalue weighted by Crippen LogP contribution is -2.45. The number of benzene rings is 1. The largest absolute Gasteiger partial charge is 0.346 e. The molecule has 1 saturated heterocycles. The molecule has 3 rings (SSSR count). The summed E-state index contributed by atoms with van der Waals surface area (Å²) in [5.74, 6) is 0. The predicted octanol–water partition coefficient (Wildman–Crippen LogP) is 2.51. The summed E-state index contributed by atoms with van der Waals surface area (Å²) in [7, 11) is 0. The first kappa shape index (κ1) is 12.2. The lowest BCUT2D eigenvalue weighted by Gasteiger charge is -2.29. The first-order valence-corrected chi connectivity index (χ1v) is 6.88. The van der Waals surface area contributed by atoms with Gasteiger partial charge in [-0.1, -0.05) is 30.2 Å². The minimum atomic E-state index is -0.0991. The lowest BCUT2D eigenvalue weighted by atomic mass is 10.0. The van der Waals surface area contributed by atoms with Crippen LogP contribution in [0.3, 0.4) is 0 Å². The van der Waals surface area contributed by atoms with Crippen LogP contribution in [0.15, 0.2) is 18.2 Å². The number of fused-ring (bicyclic) bond motifs is 1. The second-order valence-electron chi connectivity index (χ2n) is 5.32. The van der Waals surface area contributed by atoms with Crippen molar-refractivity contribution in [3.05, 3.63) is 34.9 Å². The van der Waals surface area contributed by atoms with Crippen LogP contribution in [0.2, 0.25) is 0 Å². The van der Waals surface area contributed by atoms with Crippen LogP contribution in [0.4, 0.5) is 0 Å². The van der Waals surface area contributed by atoms with Crippen LogP contribution < -0.4 is 5.32 Å². The zero-order chi connectivity index (χ0) is 12.4. The standard InChI is InChI=1S/C15H21NO2/c1-11-5-6-12-9-17-15(18-10-13(12)8-11)14-4-2-3-7-16-14/h5-6,8,14-16H,2-4,7,9-10H2,1H3. The molecular formula is C15H21NO2. The van der Waals surface area contributed by atoms with E-state index in [2.05, 4.69) is 30.4 Å². The van der Waals surface area contributed by atoms with E-state index in [4.69, 9.17) is 9.47 Å². The molecule has 3 heteroatoms. The van der Waals surface area contributed by atoms with Gasteiger partial charge in [0.05, 0.1) is 19.3 Å². The van der Waals surface area contributed by atoms with Gasteiger partial charge in [-0.15, -0.1) is 0 Å². The van der Waals surface area contributed by atoms with Crippen molar-refractivity contribution in [1.82, 2.24) is 5.32 Å². The zero-order valence-corrected chi connectivity index (χ0v) is 10.9. The molecule has 2 aliphatic heterocycles. The number of hydrogen-bond acceptors (Lipinski definition) is 3. The summed E-state index contributed by atoms with van der Waals surface area (Å²) < 4.78 is 11.9. The minimum Gasteiger partial charge on any atom is -0.346 e. The SMILES string of the molecule is Cc1ccc2c(c1)COC(C1CCCCN1)OC2. The maximum absolute atomic E-state index is 5.94. The van der Waals surface area contributed by atoms with Crippen molar-refractivity contribution in [2.45, 2.75) is 51.7 Å². The molecule has 98 valence electrons. The molecule has 2 aliphatic rings. The van der Waals surface area contributed by atoms with Gasteiger partial charge >= 0.3 is 0 Å². The summed E-state index contributed by atoms with van der Waals surface area (Å²) in [6.45, 7) is 4.53. The van der Waals surface area contributed by atoms with Crippen molar-refractivity contribution in [2.24, 2.45) is 0 Å². The molecule has 0 aromatic heterocycles. The van der Waals surface area contributed by atoms with Gasteiger partial charge in [0.25, 0.3) is 0 Å². The van der Waals surface area contributed by atoms with Gasteiger partial charge in [0.2, 0.25) is 0 Å². The summed E-state index contributed by atoms with van der Waals surface area (Å²) >= 11 is 0. The summed E-state index contributed by atoms with van der Waals surface area (Å²) in [4.78, 5) is 0. The number of nitrogens with one attached hydrogen (secondary N) is 1. The Morgan fingerprint density at radius 1 is 1.11 bits per heavy atom. The molecule has 0 spiro atoms. The molecule has 1 aromatic carbocycles. The molecule has 2 heterocycles. The van der Waals surface area contributed by atoms with Crippen LogP contribution in [-0.2, 0) is 22.7 Å². The predicted molar refractivity (Wildman–Crippen MR) is 70.2 cm³/mol. The Hall–Kier alpha value is -0.900. The molecule has 0 radical (unpaired) electrons. The first-order valence-electron chi connectivity index (χ1n) is 6.88. The van der Waals surface area contributed by atoms with Crippen LogP contribution in [0.1, 0.15) is 36.0 Å². The van der Waals surface area contributed by atoms with Crippen LogP contribution in [0, 0.1) is 6.92 Å². The summed E-state index contributed by atoms with van der Waals surface area (Å²) in [6.07, 6.45) is 3.59. The van der Waals surface area contributed by atoms with Gasteiger partial charge < -0.3 is 14.8 Å². The van der Waals surface area contributed by atoms with Crippen molar-refractivity contribution in [3.8, 4) is 0 Å². The summed E-state index contributed by atoms with van der Waals surface area (Å²) in [5.41, 5.74) is 3.82. The first-order chi connectivity index (χ1) is 8.83. The van der Waals surface area contributed by atoms with Crippen LogP contribution in [0.5, 0.6) is 0 Å². The van der Waals surface area contributed by atoms with Gasteiger partial charge in [-0.3, -0.25) is 0 Å². The highest BCUT2D eigenvalue weighted by Gasteiger charge is 2.27. The highest BCUT2D eigenvalue weighted by Crippen LogP contribution is 2.23. The smallest absolute Gasteiger partial charge is 0.173 e. The fraction of sp³-hybridized carbons (Fsp3) is 0.600. The third-order valence-electron chi connectivity index (χ3n) is 3.84. The Kier molecular flexibility index (Phi) is 3.64. The third kappa shape index (κ3) is 2.58. The molecule has 0 amide bonds. The monoisotopic (exact) mass is 247 g/mol. The molecule has 2 atom stereocenters. The molecule has 18 heavy (non-hydrogen) atoms. The highest BCUT2D eigenvalue weighted by molar-refractivity contribution is 5.31. The van der Waals surface area contributed by atoms with E-state index in [0.717, 1.165) is 13.0 Å². The Balaban J connectivity index is 1.70. The van der Waals surface area contributed by atoms with Crippen molar-refractivity contribution in [1.29, 1.82) is 0 Å². The number of aryl methyl sites for hydroxylation is 1. The maximum Gasteiger partial charge on any atom is 0.173 e. The van der Waals surface area contributed by atoms with Gasteiger partial charge in [-0.2, -0.15) is 0 Å². The van der Waals surface area contributed by atoms with E-state index in [1.165, 1.54) is 29.5 Å². The number of ether oxygens (including phenoxy) is 2. The van der Waals surface area contributed by atoms with E-state index in [0.29, 0.717) is 19.3 Å². The Morgan fingerprint density at radius 3 is 2.72 bits per heavy atom. The fourth-order valence-corrected chi connectivity index (χ4v) is 2.77. The Morgan fingerprint density at radius 2 is 1.94 bits per heavy atom. The molecule has 3 nitrogen and oxygen atoms in total. The summed E-state index contributed by atoms with van der Waals surface area (Å²) in [5, 5.41) is 3.50. The van der Waals surface area contributed by atoms with Gasteiger partial charge in [0.1, 0.15) is 0 Å². The quantitative estimate of drug-likeness (QED) is 0.827. The van der Waals surface area contributed by atoms with E-state index >= 15 is 0 Å². The second-order valence-corrected chi connectivity index (χ2v) is 5.32. The van der Waals surface area contributed by atoms with Crippen molar-refractivity contribution >= 4 is 0 Å². The van der Waals surface area contributed by atoms with Gasteiger partial charge in [-0.05, 0) is 37.4 Å². The third-order valence-corrected chi connectivity index (χ3v) is 3.84. The Labute approximate surface area is 108 Å².